The van der Waals surface area contributed by atoms with Crippen LogP contribution >= 0.6 is 0 Å². The van der Waals surface area contributed by atoms with E-state index in [0.717, 1.165) is 18.2 Å². The molecular formula is C15H23N3O2. The number of nitrogens with zero attached hydrogens (tertiary/aromatic N) is 2. The lowest BCUT2D eigenvalue weighted by molar-refractivity contribution is 0.0975. The number of aromatic nitrogens is 1. The number of hydrogen-bond donors (Lipinski definition) is 1. The van der Waals surface area contributed by atoms with Crippen LogP contribution in [0.1, 0.15) is 12.8 Å². The molecule has 3 fully saturated rings. The normalized spacial score (nSPS) is 28.4. The summed E-state index contributed by atoms with van der Waals surface area (Å²) in [5.41, 5.74) is 1.09. The SMILES string of the molecule is COCCOc1ccc(NC2CN3CCC2CC3)cn1. The summed E-state index contributed by atoms with van der Waals surface area (Å²) in [7, 11) is 1.66. The molecule has 3 aliphatic rings. The lowest BCUT2D eigenvalue weighted by atomic mass is 9.84. The summed E-state index contributed by atoms with van der Waals surface area (Å²) in [6, 6.07) is 4.53. The zero-order chi connectivity index (χ0) is 13.8. The fourth-order valence-electron chi connectivity index (χ4n) is 3.12. The van der Waals surface area contributed by atoms with Crippen molar-refractivity contribution < 1.29 is 9.47 Å². The van der Waals surface area contributed by atoms with E-state index in [4.69, 9.17) is 9.47 Å². The molecular weight excluding hydrogens is 254 g/mol. The van der Waals surface area contributed by atoms with Crippen molar-refractivity contribution in [2.75, 3.05) is 45.3 Å². The molecule has 0 amide bonds. The maximum Gasteiger partial charge on any atom is 0.213 e. The van der Waals surface area contributed by atoms with Crippen LogP contribution in [0.5, 0.6) is 5.88 Å². The van der Waals surface area contributed by atoms with Gasteiger partial charge in [-0.1, -0.05) is 0 Å². The molecule has 4 heterocycles. The van der Waals surface area contributed by atoms with Gasteiger partial charge in [0.15, 0.2) is 0 Å². The first-order valence-corrected chi connectivity index (χ1v) is 7.42. The Morgan fingerprint density at radius 3 is 2.75 bits per heavy atom. The van der Waals surface area contributed by atoms with E-state index in [2.05, 4.69) is 15.2 Å². The summed E-state index contributed by atoms with van der Waals surface area (Å²) in [4.78, 5) is 6.87. The highest BCUT2D eigenvalue weighted by Crippen LogP contribution is 2.29. The third-order valence-corrected chi connectivity index (χ3v) is 4.28. The van der Waals surface area contributed by atoms with Gasteiger partial charge in [0, 0.05) is 25.8 Å². The number of ether oxygens (including phenoxy) is 2. The lowest BCUT2D eigenvalue weighted by Gasteiger charge is -2.45. The summed E-state index contributed by atoms with van der Waals surface area (Å²) < 4.78 is 10.4. The average Bonchev–Trinajstić information content (AvgIpc) is 2.51. The second kappa shape index (κ2) is 6.41. The van der Waals surface area contributed by atoms with E-state index in [1.165, 1.54) is 25.9 Å². The summed E-state index contributed by atoms with van der Waals surface area (Å²) in [5.74, 6) is 1.47. The van der Waals surface area contributed by atoms with E-state index < -0.39 is 0 Å². The molecule has 0 spiro atoms. The van der Waals surface area contributed by atoms with Gasteiger partial charge in [0.25, 0.3) is 0 Å². The molecule has 2 bridgehead atoms. The zero-order valence-corrected chi connectivity index (χ0v) is 12.0. The molecule has 5 heteroatoms. The number of pyridine rings is 1. The number of methoxy groups -OCH3 is 1. The smallest absolute Gasteiger partial charge is 0.213 e. The van der Waals surface area contributed by atoms with Crippen molar-refractivity contribution in [3.63, 3.8) is 0 Å². The number of hydrogen-bond acceptors (Lipinski definition) is 5. The molecule has 0 aromatic carbocycles. The number of nitrogens with one attached hydrogen (secondary N) is 1. The summed E-state index contributed by atoms with van der Waals surface area (Å²) in [6.45, 7) is 4.83. The maximum atomic E-state index is 5.47. The third kappa shape index (κ3) is 3.22. The molecule has 0 saturated carbocycles. The van der Waals surface area contributed by atoms with E-state index in [9.17, 15) is 0 Å². The highest BCUT2D eigenvalue weighted by atomic mass is 16.5. The minimum Gasteiger partial charge on any atom is -0.475 e. The van der Waals surface area contributed by atoms with Crippen molar-refractivity contribution in [1.29, 1.82) is 0 Å². The van der Waals surface area contributed by atoms with Gasteiger partial charge in [-0.05, 0) is 37.9 Å². The standard InChI is InChI=1S/C15H23N3O2/c1-19-8-9-20-15-3-2-13(10-16-15)17-14-11-18-6-4-12(14)5-7-18/h2-3,10,12,14,17H,4-9,11H2,1H3. The van der Waals surface area contributed by atoms with Crippen LogP contribution in [0, 0.1) is 5.92 Å². The monoisotopic (exact) mass is 277 g/mol. The molecule has 20 heavy (non-hydrogen) atoms. The van der Waals surface area contributed by atoms with Crippen molar-refractivity contribution in [2.24, 2.45) is 5.92 Å². The number of rotatable bonds is 6. The predicted octanol–water partition coefficient (Wildman–Crippen LogP) is 1.61. The van der Waals surface area contributed by atoms with Crippen LogP contribution in [-0.2, 0) is 4.74 Å². The highest BCUT2D eigenvalue weighted by molar-refractivity contribution is 5.43. The van der Waals surface area contributed by atoms with E-state index in [1.54, 1.807) is 7.11 Å². The molecule has 4 rings (SSSR count). The van der Waals surface area contributed by atoms with Gasteiger partial charge in [-0.15, -0.1) is 0 Å². The van der Waals surface area contributed by atoms with Crippen molar-refractivity contribution >= 4 is 5.69 Å². The Hall–Kier alpha value is -1.33. The quantitative estimate of drug-likeness (QED) is 0.801. The first-order valence-electron chi connectivity index (χ1n) is 7.42. The molecule has 1 atom stereocenters. The van der Waals surface area contributed by atoms with Crippen LogP contribution in [0.2, 0.25) is 0 Å². The van der Waals surface area contributed by atoms with Gasteiger partial charge in [0.2, 0.25) is 5.88 Å². The Morgan fingerprint density at radius 2 is 2.15 bits per heavy atom. The van der Waals surface area contributed by atoms with Gasteiger partial charge in [0.1, 0.15) is 6.61 Å². The average molecular weight is 277 g/mol. The number of anilines is 1. The summed E-state index contributed by atoms with van der Waals surface area (Å²) in [6.07, 6.45) is 4.51. The molecule has 3 saturated heterocycles. The van der Waals surface area contributed by atoms with Gasteiger partial charge in [-0.2, -0.15) is 0 Å². The van der Waals surface area contributed by atoms with Crippen LogP contribution < -0.4 is 10.1 Å². The Balaban J connectivity index is 1.53. The minimum absolute atomic E-state index is 0.538. The molecule has 1 aromatic rings. The van der Waals surface area contributed by atoms with Gasteiger partial charge in [0.05, 0.1) is 18.5 Å². The largest absolute Gasteiger partial charge is 0.475 e. The fraction of sp³-hybridized carbons (Fsp3) is 0.667. The van der Waals surface area contributed by atoms with Crippen molar-refractivity contribution in [1.82, 2.24) is 9.88 Å². The second-order valence-corrected chi connectivity index (χ2v) is 5.62. The van der Waals surface area contributed by atoms with Crippen molar-refractivity contribution in [3.8, 4) is 5.88 Å². The molecule has 1 unspecified atom stereocenters. The Bertz CT molecular complexity index is 416. The Labute approximate surface area is 120 Å². The van der Waals surface area contributed by atoms with Gasteiger partial charge < -0.3 is 19.7 Å². The Kier molecular flexibility index (Phi) is 4.38. The molecule has 110 valence electrons. The zero-order valence-electron chi connectivity index (χ0n) is 12.0. The van der Waals surface area contributed by atoms with E-state index >= 15 is 0 Å². The number of fused-ring (bicyclic) bond motifs is 3. The second-order valence-electron chi connectivity index (χ2n) is 5.62. The molecule has 1 aromatic heterocycles. The van der Waals surface area contributed by atoms with E-state index in [0.29, 0.717) is 25.1 Å². The molecule has 3 aliphatic heterocycles. The van der Waals surface area contributed by atoms with Gasteiger partial charge >= 0.3 is 0 Å². The molecule has 1 N–H and O–H groups in total. The van der Waals surface area contributed by atoms with Gasteiger partial charge in [-0.3, -0.25) is 0 Å². The summed E-state index contributed by atoms with van der Waals surface area (Å²) >= 11 is 0. The topological polar surface area (TPSA) is 46.6 Å². The first-order chi connectivity index (χ1) is 9.85. The molecule has 0 aliphatic carbocycles. The predicted molar refractivity (Wildman–Crippen MR) is 78.2 cm³/mol. The van der Waals surface area contributed by atoms with Crippen LogP contribution in [0.3, 0.4) is 0 Å². The summed E-state index contributed by atoms with van der Waals surface area (Å²) in [5, 5.41) is 3.62. The van der Waals surface area contributed by atoms with Crippen molar-refractivity contribution in [2.45, 2.75) is 18.9 Å². The van der Waals surface area contributed by atoms with Crippen LogP contribution in [0.25, 0.3) is 0 Å². The van der Waals surface area contributed by atoms with E-state index in [1.807, 2.05) is 18.3 Å². The van der Waals surface area contributed by atoms with Crippen LogP contribution in [-0.4, -0.2) is 55.9 Å². The van der Waals surface area contributed by atoms with E-state index in [-0.39, 0.29) is 0 Å². The minimum atomic E-state index is 0.538. The third-order valence-electron chi connectivity index (χ3n) is 4.28. The molecule has 0 radical (unpaired) electrons. The van der Waals surface area contributed by atoms with Crippen LogP contribution in [0.4, 0.5) is 5.69 Å². The fourth-order valence-corrected chi connectivity index (χ4v) is 3.12. The highest BCUT2D eigenvalue weighted by Gasteiger charge is 2.33. The maximum absolute atomic E-state index is 5.47. The lowest BCUT2D eigenvalue weighted by Crippen LogP contribution is -2.53. The first kappa shape index (κ1) is 13.6. The number of piperidine rings is 3. The van der Waals surface area contributed by atoms with Crippen molar-refractivity contribution in [3.05, 3.63) is 18.3 Å². The molecule has 5 nitrogen and oxygen atoms in total. The Morgan fingerprint density at radius 1 is 1.30 bits per heavy atom. The van der Waals surface area contributed by atoms with Crippen LogP contribution in [0.15, 0.2) is 18.3 Å². The van der Waals surface area contributed by atoms with Gasteiger partial charge in [-0.25, -0.2) is 4.98 Å².